The van der Waals surface area contributed by atoms with Gasteiger partial charge in [0, 0.05) is 40.9 Å². The van der Waals surface area contributed by atoms with Gasteiger partial charge in [0.15, 0.2) is 0 Å². The topological polar surface area (TPSA) is 54.0 Å². The van der Waals surface area contributed by atoms with E-state index in [0.717, 1.165) is 48.0 Å². The number of fused-ring (bicyclic) bond motifs is 1. The molecule has 0 bridgehead atoms. The van der Waals surface area contributed by atoms with E-state index in [2.05, 4.69) is 34.7 Å². The first-order valence-electron chi connectivity index (χ1n) is 11.3. The highest BCUT2D eigenvalue weighted by molar-refractivity contribution is 6.31. The maximum Gasteiger partial charge on any atom is 0.251 e. The second-order valence-corrected chi connectivity index (χ2v) is 8.35. The van der Waals surface area contributed by atoms with Gasteiger partial charge in [0.2, 0.25) is 0 Å². The summed E-state index contributed by atoms with van der Waals surface area (Å²) < 4.78 is 0. The van der Waals surface area contributed by atoms with Crippen molar-refractivity contribution >= 4 is 34.1 Å². The van der Waals surface area contributed by atoms with Crippen molar-refractivity contribution in [2.24, 2.45) is 0 Å². The Balaban J connectivity index is 1.35. The highest BCUT2D eigenvalue weighted by Crippen LogP contribution is 2.24. The van der Waals surface area contributed by atoms with Crippen molar-refractivity contribution < 1.29 is 4.79 Å². The molecule has 5 heteroatoms. The Hall–Kier alpha value is -2.59. The molecule has 4 nitrogen and oxygen atoms in total. The maximum absolute atomic E-state index is 12.3. The highest BCUT2D eigenvalue weighted by Gasteiger charge is 2.05. The second-order valence-electron chi connectivity index (χ2n) is 7.92. The normalized spacial score (nSPS) is 10.9. The number of hydrogen-bond donors (Lipinski definition) is 2. The van der Waals surface area contributed by atoms with E-state index in [1.54, 1.807) is 6.20 Å². The molecule has 0 unspecified atom stereocenters. The molecular weight excluding hydrogens is 406 g/mol. The molecule has 0 aliphatic rings. The average molecular weight is 438 g/mol. The van der Waals surface area contributed by atoms with Gasteiger partial charge in [-0.15, -0.1) is 0 Å². The van der Waals surface area contributed by atoms with E-state index in [1.165, 1.54) is 31.2 Å². The number of carbonyl (C=O) groups excluding carboxylic acids is 1. The molecule has 1 aromatic heterocycles. The summed E-state index contributed by atoms with van der Waals surface area (Å²) in [5, 5.41) is 8.24. The van der Waals surface area contributed by atoms with Crippen molar-refractivity contribution in [2.75, 3.05) is 18.4 Å². The molecule has 0 fully saturated rings. The molecule has 3 aromatic rings. The number of benzene rings is 2. The van der Waals surface area contributed by atoms with Crippen LogP contribution in [-0.2, 0) is 6.42 Å². The van der Waals surface area contributed by atoms with E-state index in [-0.39, 0.29) is 5.91 Å². The molecule has 1 amide bonds. The van der Waals surface area contributed by atoms with Crippen molar-refractivity contribution in [3.05, 3.63) is 70.9 Å². The van der Waals surface area contributed by atoms with Crippen LogP contribution >= 0.6 is 11.6 Å². The molecule has 0 radical (unpaired) electrons. The molecule has 0 saturated heterocycles. The molecular formula is C26H32ClN3O. The van der Waals surface area contributed by atoms with Gasteiger partial charge in [-0.25, -0.2) is 0 Å². The highest BCUT2D eigenvalue weighted by atomic mass is 35.5. The number of unbranched alkanes of at least 4 members (excludes halogenated alkanes) is 4. The Kier molecular flexibility index (Phi) is 9.16. The fourth-order valence-electron chi connectivity index (χ4n) is 3.63. The minimum Gasteiger partial charge on any atom is -0.384 e. The number of aromatic nitrogens is 1. The van der Waals surface area contributed by atoms with Crippen LogP contribution in [0.1, 0.15) is 61.4 Å². The molecule has 2 N–H and O–H groups in total. The first kappa shape index (κ1) is 23.1. The largest absolute Gasteiger partial charge is 0.384 e. The van der Waals surface area contributed by atoms with Gasteiger partial charge in [0.1, 0.15) is 0 Å². The van der Waals surface area contributed by atoms with Gasteiger partial charge >= 0.3 is 0 Å². The van der Waals surface area contributed by atoms with E-state index in [9.17, 15) is 4.79 Å². The molecule has 0 aliphatic heterocycles. The Bertz CT molecular complexity index is 972. The number of nitrogens with one attached hydrogen (secondary N) is 2. The lowest BCUT2D eigenvalue weighted by molar-refractivity contribution is 0.0953. The zero-order valence-electron chi connectivity index (χ0n) is 18.3. The Morgan fingerprint density at radius 1 is 0.935 bits per heavy atom. The van der Waals surface area contributed by atoms with Crippen LogP contribution in [0.4, 0.5) is 5.69 Å². The number of halogens is 1. The minimum atomic E-state index is 0.00231. The monoisotopic (exact) mass is 437 g/mol. The van der Waals surface area contributed by atoms with E-state index in [1.807, 2.05) is 36.4 Å². The fraction of sp³-hybridized carbons (Fsp3) is 0.385. The van der Waals surface area contributed by atoms with Crippen LogP contribution in [0.5, 0.6) is 0 Å². The van der Waals surface area contributed by atoms with E-state index < -0.39 is 0 Å². The molecule has 31 heavy (non-hydrogen) atoms. The molecule has 0 aliphatic carbocycles. The van der Waals surface area contributed by atoms with Gasteiger partial charge < -0.3 is 10.6 Å². The van der Waals surface area contributed by atoms with Gasteiger partial charge in [-0.2, -0.15) is 0 Å². The Labute approximate surface area is 190 Å². The number of rotatable bonds is 12. The molecule has 0 saturated carbocycles. The molecule has 0 atom stereocenters. The molecule has 164 valence electrons. The minimum absolute atomic E-state index is 0.00231. The fourth-order valence-corrected chi connectivity index (χ4v) is 3.80. The number of carbonyl (C=O) groups is 1. The third kappa shape index (κ3) is 7.25. The summed E-state index contributed by atoms with van der Waals surface area (Å²) in [6.07, 6.45) is 9.81. The van der Waals surface area contributed by atoms with Crippen molar-refractivity contribution in [3.8, 4) is 0 Å². The van der Waals surface area contributed by atoms with Crippen LogP contribution in [0.25, 0.3) is 10.9 Å². The number of pyridine rings is 1. The molecule has 0 spiro atoms. The SMILES string of the molecule is CCCCCCc1ccc(C(=O)NCCCCNc2ccnc3cc(Cl)ccc23)cc1. The maximum atomic E-state index is 12.3. The summed E-state index contributed by atoms with van der Waals surface area (Å²) in [6.45, 7) is 3.74. The number of aryl methyl sites for hydroxylation is 1. The van der Waals surface area contributed by atoms with Crippen molar-refractivity contribution in [1.82, 2.24) is 10.3 Å². The molecule has 3 rings (SSSR count). The third-order valence-electron chi connectivity index (χ3n) is 5.44. The van der Waals surface area contributed by atoms with Gasteiger partial charge in [-0.05, 0) is 67.6 Å². The quantitative estimate of drug-likeness (QED) is 0.312. The smallest absolute Gasteiger partial charge is 0.251 e. The van der Waals surface area contributed by atoms with Gasteiger partial charge in [0.05, 0.1) is 5.52 Å². The van der Waals surface area contributed by atoms with Gasteiger partial charge in [-0.1, -0.05) is 49.9 Å². The lowest BCUT2D eigenvalue weighted by Gasteiger charge is -2.10. The summed E-state index contributed by atoms with van der Waals surface area (Å²) in [5.41, 5.74) is 3.99. The summed E-state index contributed by atoms with van der Waals surface area (Å²) in [5.74, 6) is 0.00231. The Morgan fingerprint density at radius 2 is 1.74 bits per heavy atom. The first-order valence-corrected chi connectivity index (χ1v) is 11.7. The van der Waals surface area contributed by atoms with Crippen molar-refractivity contribution in [1.29, 1.82) is 0 Å². The van der Waals surface area contributed by atoms with Crippen molar-refractivity contribution in [2.45, 2.75) is 51.9 Å². The standard InChI is InChI=1S/C26H32ClN3O/c1-2-3-4-5-8-20-9-11-21(12-10-20)26(31)30-17-7-6-16-28-24-15-18-29-25-19-22(27)13-14-23(24)25/h9-15,18-19H,2-8,16-17H2,1H3,(H,28,29)(H,30,31). The van der Waals surface area contributed by atoms with E-state index >= 15 is 0 Å². The van der Waals surface area contributed by atoms with E-state index in [0.29, 0.717) is 11.6 Å². The van der Waals surface area contributed by atoms with Crippen LogP contribution in [-0.4, -0.2) is 24.0 Å². The lowest BCUT2D eigenvalue weighted by Crippen LogP contribution is -2.24. The summed E-state index contributed by atoms with van der Waals surface area (Å²) >= 11 is 6.05. The Morgan fingerprint density at radius 3 is 2.55 bits per heavy atom. The van der Waals surface area contributed by atoms with Crippen LogP contribution < -0.4 is 10.6 Å². The van der Waals surface area contributed by atoms with Crippen LogP contribution in [0.15, 0.2) is 54.7 Å². The average Bonchev–Trinajstić information content (AvgIpc) is 2.79. The van der Waals surface area contributed by atoms with E-state index in [4.69, 9.17) is 11.6 Å². The number of hydrogen-bond acceptors (Lipinski definition) is 3. The summed E-state index contributed by atoms with van der Waals surface area (Å²) in [6, 6.07) is 15.8. The second kappa shape index (κ2) is 12.3. The van der Waals surface area contributed by atoms with Crippen LogP contribution in [0.3, 0.4) is 0 Å². The van der Waals surface area contributed by atoms with Crippen LogP contribution in [0, 0.1) is 0 Å². The first-order chi connectivity index (χ1) is 15.2. The van der Waals surface area contributed by atoms with Gasteiger partial charge in [0.25, 0.3) is 5.91 Å². The zero-order valence-corrected chi connectivity index (χ0v) is 19.0. The zero-order chi connectivity index (χ0) is 21.9. The van der Waals surface area contributed by atoms with Gasteiger partial charge in [-0.3, -0.25) is 9.78 Å². The molecule has 2 aromatic carbocycles. The van der Waals surface area contributed by atoms with Crippen LogP contribution in [0.2, 0.25) is 5.02 Å². The number of anilines is 1. The lowest BCUT2D eigenvalue weighted by atomic mass is 10.0. The van der Waals surface area contributed by atoms with Crippen molar-refractivity contribution in [3.63, 3.8) is 0 Å². The number of amides is 1. The third-order valence-corrected chi connectivity index (χ3v) is 5.68. The molecule has 1 heterocycles. The summed E-state index contributed by atoms with van der Waals surface area (Å²) in [7, 11) is 0. The number of nitrogens with zero attached hydrogens (tertiary/aromatic N) is 1. The predicted octanol–water partition coefficient (Wildman–Crippen LogP) is 6.63. The predicted molar refractivity (Wildman–Crippen MR) is 131 cm³/mol. The summed E-state index contributed by atoms with van der Waals surface area (Å²) in [4.78, 5) is 16.7.